The van der Waals surface area contributed by atoms with Gasteiger partial charge < -0.3 is 48.3 Å². The Morgan fingerprint density at radius 2 is 0.854 bits per heavy atom. The number of ether oxygens (including phenoxy) is 4. The predicted molar refractivity (Wildman–Crippen MR) is 310 cm³/mol. The maximum absolute atomic E-state index is 15.1. The molecule has 1 aliphatic rings. The van der Waals surface area contributed by atoms with Gasteiger partial charge >= 0.3 is 29.8 Å². The summed E-state index contributed by atoms with van der Waals surface area (Å²) in [4.78, 5) is 142. The van der Waals surface area contributed by atoms with Gasteiger partial charge in [-0.05, 0) is 86.7 Å². The lowest BCUT2D eigenvalue weighted by atomic mass is 9.91. The third-order valence-corrected chi connectivity index (χ3v) is 14.3. The van der Waals surface area contributed by atoms with Crippen molar-refractivity contribution in [3.05, 3.63) is 71.8 Å². The molecule has 4 amide bonds. The zero-order chi connectivity index (χ0) is 62.1. The summed E-state index contributed by atoms with van der Waals surface area (Å²) in [7, 11) is 7.08. The first-order valence-corrected chi connectivity index (χ1v) is 28.6. The summed E-state index contributed by atoms with van der Waals surface area (Å²) in [6, 6.07) is 11.3. The van der Waals surface area contributed by atoms with E-state index in [1.54, 1.807) is 60.7 Å². The molecule has 0 aliphatic carbocycles. The summed E-state index contributed by atoms with van der Waals surface area (Å²) >= 11 is 0. The third kappa shape index (κ3) is 20.8. The summed E-state index contributed by atoms with van der Waals surface area (Å²) in [6.07, 6.45) is -5.87. The molecule has 20 heteroatoms. The fourth-order valence-corrected chi connectivity index (χ4v) is 9.40. The average molecular weight is 1150 g/mol. The predicted octanol–water partition coefficient (Wildman–Crippen LogP) is 7.28. The van der Waals surface area contributed by atoms with Crippen molar-refractivity contribution in [1.29, 1.82) is 0 Å². The lowest BCUT2D eigenvalue weighted by molar-refractivity contribution is -0.174. The molecule has 0 spiro atoms. The summed E-state index contributed by atoms with van der Waals surface area (Å²) in [5, 5.41) is 4.27. The van der Waals surface area contributed by atoms with Crippen LogP contribution in [0.2, 0.25) is 0 Å². The molecular formula is C62H94N6O14. The number of carbonyl (C=O) groups excluding carboxylic acids is 9. The zero-order valence-corrected chi connectivity index (χ0v) is 52.1. The van der Waals surface area contributed by atoms with Crippen molar-refractivity contribution >= 4 is 59.3 Å². The Bertz CT molecular complexity index is 2510. The van der Waals surface area contributed by atoms with Crippen LogP contribution < -0.4 is 0 Å². The molecule has 2 aromatic carbocycles. The van der Waals surface area contributed by atoms with Crippen LogP contribution in [0.4, 0.5) is 0 Å². The second-order valence-electron chi connectivity index (χ2n) is 24.7. The molecule has 1 heterocycles. The maximum Gasteiger partial charge on any atom is 0.357 e. The van der Waals surface area contributed by atoms with Crippen molar-refractivity contribution in [2.24, 2.45) is 34.2 Å². The number of esters is 4. The SMILES string of the molecule is CC(C)CC1C(=O)O[C@H](C)C(=O)N(C)[C@@H](CC(C)C)C(=O)O[C@H](Cc2ccccc2)C(=O)N(C)[C@@H](CC(C)C)C(=O)O[C@H](C)/C(=N\OC(=O)[C@H](C)N(C)C(=O)CC(C)(C)C)N(C)[C@@H](CC(C)C)C(=O)O[C@H](Cc2ccccc2)C(=O)N1C. The number of amidine groups is 1. The molecule has 20 nitrogen and oxygen atoms in total. The Morgan fingerprint density at radius 1 is 0.524 bits per heavy atom. The minimum Gasteiger partial charge on any atom is -0.453 e. The first kappa shape index (κ1) is 69.4. The molecule has 82 heavy (non-hydrogen) atoms. The van der Waals surface area contributed by atoms with Gasteiger partial charge in [0.15, 0.2) is 30.3 Å². The molecular weight excluding hydrogens is 1050 g/mol. The first-order valence-electron chi connectivity index (χ1n) is 28.6. The van der Waals surface area contributed by atoms with Crippen molar-refractivity contribution in [2.75, 3.05) is 35.2 Å². The van der Waals surface area contributed by atoms with E-state index in [0.29, 0.717) is 11.1 Å². The van der Waals surface area contributed by atoms with Gasteiger partial charge in [-0.25, -0.2) is 24.0 Å². The molecule has 3 rings (SSSR count). The van der Waals surface area contributed by atoms with Crippen LogP contribution >= 0.6 is 0 Å². The smallest absolute Gasteiger partial charge is 0.357 e. The summed E-state index contributed by atoms with van der Waals surface area (Å²) in [5.74, 6) is -8.36. The van der Waals surface area contributed by atoms with E-state index in [2.05, 4.69) is 5.16 Å². The van der Waals surface area contributed by atoms with Crippen LogP contribution in [0.3, 0.4) is 0 Å². The van der Waals surface area contributed by atoms with Gasteiger partial charge in [0.2, 0.25) is 5.91 Å². The van der Waals surface area contributed by atoms with Crippen LogP contribution in [-0.2, 0) is 79.8 Å². The second kappa shape index (κ2) is 31.5. The first-order chi connectivity index (χ1) is 38.1. The lowest BCUT2D eigenvalue weighted by Gasteiger charge is -2.36. The van der Waals surface area contributed by atoms with E-state index in [1.807, 2.05) is 76.2 Å². The molecule has 456 valence electrons. The van der Waals surface area contributed by atoms with Crippen LogP contribution in [0, 0.1) is 29.1 Å². The highest BCUT2D eigenvalue weighted by atomic mass is 16.7. The summed E-state index contributed by atoms with van der Waals surface area (Å²) in [5.41, 5.74) is 0.837. The number of hydrogen-bond donors (Lipinski definition) is 0. The van der Waals surface area contributed by atoms with E-state index in [1.165, 1.54) is 65.8 Å². The van der Waals surface area contributed by atoms with Gasteiger partial charge in [-0.3, -0.25) is 19.2 Å². The van der Waals surface area contributed by atoms with Crippen molar-refractivity contribution in [3.63, 3.8) is 0 Å². The molecule has 1 aliphatic heterocycles. The number of rotatable bonds is 16. The Hall–Kier alpha value is -6.86. The second-order valence-corrected chi connectivity index (χ2v) is 24.7. The van der Waals surface area contributed by atoms with Crippen molar-refractivity contribution in [2.45, 2.75) is 197 Å². The molecule has 0 saturated carbocycles. The highest BCUT2D eigenvalue weighted by Crippen LogP contribution is 2.26. The van der Waals surface area contributed by atoms with E-state index < -0.39 is 108 Å². The van der Waals surface area contributed by atoms with Gasteiger partial charge in [0.05, 0.1) is 0 Å². The van der Waals surface area contributed by atoms with E-state index in [0.717, 1.165) is 14.7 Å². The van der Waals surface area contributed by atoms with Gasteiger partial charge in [-0.2, -0.15) is 0 Å². The highest BCUT2D eigenvalue weighted by Gasteiger charge is 2.43. The number of oxime groups is 1. The Kier molecular flexibility index (Phi) is 26.7. The van der Waals surface area contributed by atoms with Gasteiger partial charge in [0, 0.05) is 54.5 Å². The molecule has 2 aromatic rings. The Balaban J connectivity index is 2.40. The normalized spacial score (nSPS) is 23.9. The standard InChI is InChI=1S/C62H94N6O14/c1-37(2)30-46-60(76)80-50(34-44-26-22-20-23-27-44)55(71)68(19)48(32-39(5)6)59(75)79-43(11)54(70)66(17)49(33-40(7)8)61(77)81-51(35-45-28-24-21-25-29-45)56(72)67(18)47(31-38(3)4)58(74)78-42(10)53(65(46)16)63-82-57(73)41(9)64(15)52(69)36-62(12,13)14/h20-29,37-43,46-51H,30-36H2,1-19H3/b63-53+/t41-,42+,43+,46-,47-,48?,49-,50+,51+/m0/s1. The van der Waals surface area contributed by atoms with Gasteiger partial charge in [-0.1, -0.05) is 142 Å². The Labute approximate surface area is 486 Å². The topological polar surface area (TPSA) is 228 Å². The largest absolute Gasteiger partial charge is 0.453 e. The van der Waals surface area contributed by atoms with E-state index in [-0.39, 0.29) is 80.4 Å². The Morgan fingerprint density at radius 3 is 1.21 bits per heavy atom. The van der Waals surface area contributed by atoms with Gasteiger partial charge in [-0.15, -0.1) is 0 Å². The number of likely N-dealkylation sites (N-methyl/N-ethyl adjacent to an activating group) is 5. The zero-order valence-electron chi connectivity index (χ0n) is 52.1. The van der Waals surface area contributed by atoms with Crippen molar-refractivity contribution < 1.29 is 66.9 Å². The molecule has 9 atom stereocenters. The molecule has 0 radical (unpaired) electrons. The third-order valence-electron chi connectivity index (χ3n) is 14.3. The molecule has 1 unspecified atom stereocenters. The minimum absolute atomic E-state index is 0.0545. The van der Waals surface area contributed by atoms with Crippen molar-refractivity contribution in [1.82, 2.24) is 24.5 Å². The van der Waals surface area contributed by atoms with Crippen LogP contribution in [0.5, 0.6) is 0 Å². The fourth-order valence-electron chi connectivity index (χ4n) is 9.40. The molecule has 0 bridgehead atoms. The number of cyclic esters (lactones) is 4. The molecule has 0 aromatic heterocycles. The van der Waals surface area contributed by atoms with E-state index in [4.69, 9.17) is 23.8 Å². The van der Waals surface area contributed by atoms with Crippen LogP contribution in [0.25, 0.3) is 0 Å². The van der Waals surface area contributed by atoms with Crippen molar-refractivity contribution in [3.8, 4) is 0 Å². The number of benzene rings is 2. The van der Waals surface area contributed by atoms with Gasteiger partial charge in [0.25, 0.3) is 17.7 Å². The lowest BCUT2D eigenvalue weighted by Crippen LogP contribution is -2.55. The quantitative estimate of drug-likeness (QED) is 0.0696. The van der Waals surface area contributed by atoms with E-state index >= 15 is 14.4 Å². The van der Waals surface area contributed by atoms with Crippen LogP contribution in [0.15, 0.2) is 65.8 Å². The average Bonchev–Trinajstić information content (AvgIpc) is 3.55. The molecule has 1 fully saturated rings. The molecule has 1 saturated heterocycles. The number of hydrogen-bond acceptors (Lipinski definition) is 15. The number of carbonyl (C=O) groups is 9. The number of nitrogens with zero attached hydrogens (tertiary/aromatic N) is 6. The molecule has 0 N–H and O–H groups in total. The van der Waals surface area contributed by atoms with Crippen LogP contribution in [0.1, 0.15) is 140 Å². The summed E-state index contributed by atoms with van der Waals surface area (Å²) in [6.45, 7) is 24.7. The summed E-state index contributed by atoms with van der Waals surface area (Å²) < 4.78 is 24.5. The minimum atomic E-state index is -1.55. The van der Waals surface area contributed by atoms with E-state index in [9.17, 15) is 28.8 Å². The number of amides is 4. The fraction of sp³-hybridized carbons (Fsp3) is 0.645. The van der Waals surface area contributed by atoms with Gasteiger partial charge in [0.1, 0.15) is 30.2 Å². The highest BCUT2D eigenvalue weighted by molar-refractivity contribution is 5.96. The maximum atomic E-state index is 15.1. The van der Waals surface area contributed by atoms with Crippen LogP contribution in [-0.4, -0.2) is 174 Å². The monoisotopic (exact) mass is 1150 g/mol.